The average Bonchev–Trinajstić information content (AvgIpc) is 3.39. The Morgan fingerprint density at radius 3 is 2.47 bits per heavy atom. The van der Waals surface area contributed by atoms with Crippen molar-refractivity contribution in [3.63, 3.8) is 0 Å². The molecule has 0 saturated heterocycles. The molecule has 0 atom stereocenters. The molecule has 0 spiro atoms. The molecule has 4 rings (SSSR count). The van der Waals surface area contributed by atoms with Crippen LogP contribution in [0.1, 0.15) is 33.6 Å². The highest BCUT2D eigenvalue weighted by atomic mass is 16.5. The van der Waals surface area contributed by atoms with Gasteiger partial charge in [0, 0.05) is 43.0 Å². The van der Waals surface area contributed by atoms with Crippen molar-refractivity contribution in [2.24, 2.45) is 4.99 Å². The van der Waals surface area contributed by atoms with Crippen molar-refractivity contribution in [2.75, 3.05) is 27.3 Å². The normalized spacial score (nSPS) is 12.6. The first kappa shape index (κ1) is 23.3. The van der Waals surface area contributed by atoms with Gasteiger partial charge in [0.15, 0.2) is 11.7 Å². The SMILES string of the molecule is COc1cc(CCC(=O)c2cc(CNC3=NCCN3)cc(-c3ccnc(C)c3)c2)cc(OC)c1. The molecule has 0 amide bonds. The molecular formula is C27H30N4O3. The number of methoxy groups -OCH3 is 2. The van der Waals surface area contributed by atoms with E-state index in [0.717, 1.165) is 47.0 Å². The van der Waals surface area contributed by atoms with Crippen LogP contribution in [0.5, 0.6) is 11.5 Å². The van der Waals surface area contributed by atoms with Crippen LogP contribution in [0.15, 0.2) is 59.7 Å². The third-order valence-electron chi connectivity index (χ3n) is 5.73. The Morgan fingerprint density at radius 2 is 1.79 bits per heavy atom. The molecule has 1 aliphatic heterocycles. The van der Waals surface area contributed by atoms with Crippen molar-refractivity contribution in [2.45, 2.75) is 26.3 Å². The van der Waals surface area contributed by atoms with Crippen LogP contribution in [0.3, 0.4) is 0 Å². The van der Waals surface area contributed by atoms with Gasteiger partial charge in [-0.3, -0.25) is 14.8 Å². The number of aliphatic imine (C=N–C) groups is 1. The fourth-order valence-corrected chi connectivity index (χ4v) is 3.96. The van der Waals surface area contributed by atoms with E-state index in [0.29, 0.717) is 36.4 Å². The smallest absolute Gasteiger partial charge is 0.191 e. The molecule has 0 saturated carbocycles. The van der Waals surface area contributed by atoms with E-state index < -0.39 is 0 Å². The van der Waals surface area contributed by atoms with Gasteiger partial charge in [0.25, 0.3) is 0 Å². The molecular weight excluding hydrogens is 428 g/mol. The second kappa shape index (κ2) is 10.8. The van der Waals surface area contributed by atoms with Gasteiger partial charge in [0.1, 0.15) is 11.5 Å². The Labute approximate surface area is 200 Å². The second-order valence-electron chi connectivity index (χ2n) is 8.26. The van der Waals surface area contributed by atoms with Gasteiger partial charge < -0.3 is 20.1 Å². The van der Waals surface area contributed by atoms with Crippen LogP contribution in [0.2, 0.25) is 0 Å². The highest BCUT2D eigenvalue weighted by Gasteiger charge is 2.13. The Hall–Kier alpha value is -3.87. The van der Waals surface area contributed by atoms with Crippen LogP contribution in [-0.2, 0) is 13.0 Å². The first-order chi connectivity index (χ1) is 16.5. The Bertz CT molecular complexity index is 1180. The number of nitrogens with zero attached hydrogens (tertiary/aromatic N) is 2. The number of carbonyl (C=O) groups excluding carboxylic acids is 1. The lowest BCUT2D eigenvalue weighted by Gasteiger charge is -2.12. The molecule has 1 aliphatic rings. The maximum absolute atomic E-state index is 13.3. The van der Waals surface area contributed by atoms with Gasteiger partial charge in [0.2, 0.25) is 0 Å². The molecule has 0 unspecified atom stereocenters. The minimum absolute atomic E-state index is 0.0898. The summed E-state index contributed by atoms with van der Waals surface area (Å²) in [6, 6.07) is 15.8. The van der Waals surface area contributed by atoms with Gasteiger partial charge in [-0.1, -0.05) is 0 Å². The van der Waals surface area contributed by atoms with Crippen molar-refractivity contribution in [3.05, 3.63) is 77.1 Å². The lowest BCUT2D eigenvalue weighted by Crippen LogP contribution is -2.33. The van der Waals surface area contributed by atoms with Gasteiger partial charge in [-0.25, -0.2) is 0 Å². The number of rotatable bonds is 9. The summed E-state index contributed by atoms with van der Waals surface area (Å²) in [7, 11) is 3.25. The molecule has 0 radical (unpaired) electrons. The summed E-state index contributed by atoms with van der Waals surface area (Å²) in [6.45, 7) is 4.17. The van der Waals surface area contributed by atoms with Crippen LogP contribution in [0, 0.1) is 6.92 Å². The minimum atomic E-state index is 0.0898. The molecule has 0 bridgehead atoms. The van der Waals surface area contributed by atoms with E-state index in [1.807, 2.05) is 49.4 Å². The molecule has 2 aromatic carbocycles. The lowest BCUT2D eigenvalue weighted by atomic mass is 9.95. The highest BCUT2D eigenvalue weighted by Crippen LogP contribution is 2.26. The quantitative estimate of drug-likeness (QED) is 0.473. The number of nitrogens with one attached hydrogen (secondary N) is 2. The Kier molecular flexibility index (Phi) is 7.42. The number of ketones is 1. The molecule has 3 aromatic rings. The first-order valence-corrected chi connectivity index (χ1v) is 11.4. The third kappa shape index (κ3) is 5.92. The fraction of sp³-hybridized carbons (Fsp3) is 0.296. The number of guanidine groups is 1. The van der Waals surface area contributed by atoms with Gasteiger partial charge >= 0.3 is 0 Å². The first-order valence-electron chi connectivity index (χ1n) is 11.4. The van der Waals surface area contributed by atoms with E-state index in [9.17, 15) is 4.79 Å². The molecule has 34 heavy (non-hydrogen) atoms. The largest absolute Gasteiger partial charge is 0.497 e. The van der Waals surface area contributed by atoms with Gasteiger partial charge in [-0.2, -0.15) is 0 Å². The van der Waals surface area contributed by atoms with Crippen molar-refractivity contribution in [3.8, 4) is 22.6 Å². The minimum Gasteiger partial charge on any atom is -0.497 e. The molecule has 2 heterocycles. The maximum Gasteiger partial charge on any atom is 0.191 e. The number of hydrogen-bond donors (Lipinski definition) is 2. The zero-order valence-electron chi connectivity index (χ0n) is 19.9. The van der Waals surface area contributed by atoms with E-state index in [4.69, 9.17) is 9.47 Å². The summed E-state index contributed by atoms with van der Waals surface area (Å²) >= 11 is 0. The standard InChI is InChI=1S/C27H30N4O3/c1-18-10-21(6-7-28-18)22-11-20(17-31-27-29-8-9-30-27)12-23(15-22)26(32)5-4-19-13-24(33-2)16-25(14-19)34-3/h6-7,10-16H,4-5,8-9,17H2,1-3H3,(H2,29,30,31). The van der Waals surface area contributed by atoms with Gasteiger partial charge in [-0.15, -0.1) is 0 Å². The summed E-state index contributed by atoms with van der Waals surface area (Å²) in [4.78, 5) is 22.0. The monoisotopic (exact) mass is 458 g/mol. The number of aromatic nitrogens is 1. The summed E-state index contributed by atoms with van der Waals surface area (Å²) in [5.41, 5.74) is 5.69. The summed E-state index contributed by atoms with van der Waals surface area (Å²) in [5, 5.41) is 6.54. The predicted octanol–water partition coefficient (Wildman–Crippen LogP) is 3.94. The topological polar surface area (TPSA) is 84.8 Å². The van der Waals surface area contributed by atoms with Crippen molar-refractivity contribution < 1.29 is 14.3 Å². The molecule has 176 valence electrons. The third-order valence-corrected chi connectivity index (χ3v) is 5.73. The van der Waals surface area contributed by atoms with Crippen LogP contribution in [0.4, 0.5) is 0 Å². The molecule has 0 fully saturated rings. The zero-order valence-corrected chi connectivity index (χ0v) is 19.9. The number of Topliss-reactive ketones (excluding diaryl/α,β-unsaturated/α-hetero) is 1. The highest BCUT2D eigenvalue weighted by molar-refractivity contribution is 5.97. The van der Waals surface area contributed by atoms with Crippen LogP contribution in [-0.4, -0.2) is 44.0 Å². The molecule has 1 aromatic heterocycles. The van der Waals surface area contributed by atoms with Crippen molar-refractivity contribution in [1.29, 1.82) is 0 Å². The van der Waals surface area contributed by atoms with Crippen LogP contribution >= 0.6 is 0 Å². The maximum atomic E-state index is 13.3. The fourth-order valence-electron chi connectivity index (χ4n) is 3.96. The van der Waals surface area contributed by atoms with Gasteiger partial charge in [-0.05, 0) is 78.1 Å². The number of aryl methyl sites for hydroxylation is 2. The number of hydrogen-bond acceptors (Lipinski definition) is 7. The van der Waals surface area contributed by atoms with Gasteiger partial charge in [0.05, 0.1) is 20.8 Å². The number of carbonyl (C=O) groups is 1. The van der Waals surface area contributed by atoms with Crippen LogP contribution in [0.25, 0.3) is 11.1 Å². The van der Waals surface area contributed by atoms with E-state index in [1.54, 1.807) is 20.4 Å². The van der Waals surface area contributed by atoms with Crippen molar-refractivity contribution >= 4 is 11.7 Å². The number of pyridine rings is 1. The average molecular weight is 459 g/mol. The summed E-state index contributed by atoms with van der Waals surface area (Å²) < 4.78 is 10.7. The van der Waals surface area contributed by atoms with E-state index in [1.165, 1.54) is 0 Å². The molecule has 0 aliphatic carbocycles. The van der Waals surface area contributed by atoms with Crippen molar-refractivity contribution in [1.82, 2.24) is 15.6 Å². The van der Waals surface area contributed by atoms with Crippen LogP contribution < -0.4 is 20.1 Å². The number of ether oxygens (including phenoxy) is 2. The molecule has 2 N–H and O–H groups in total. The van der Waals surface area contributed by atoms with E-state index in [-0.39, 0.29) is 5.78 Å². The van der Waals surface area contributed by atoms with E-state index in [2.05, 4.69) is 26.7 Å². The summed E-state index contributed by atoms with van der Waals surface area (Å²) in [6.07, 6.45) is 2.78. The second-order valence-corrected chi connectivity index (χ2v) is 8.26. The predicted molar refractivity (Wildman–Crippen MR) is 134 cm³/mol. The summed E-state index contributed by atoms with van der Waals surface area (Å²) in [5.74, 6) is 2.32. The lowest BCUT2D eigenvalue weighted by molar-refractivity contribution is 0.0982. The number of benzene rings is 2. The molecule has 7 heteroatoms. The van der Waals surface area contributed by atoms with E-state index >= 15 is 0 Å². The molecule has 7 nitrogen and oxygen atoms in total. The zero-order chi connectivity index (χ0) is 23.9. The Balaban J connectivity index is 1.57. The Morgan fingerprint density at radius 1 is 1.00 bits per heavy atom.